The van der Waals surface area contributed by atoms with E-state index in [4.69, 9.17) is 9.47 Å². The molecule has 0 bridgehead atoms. The lowest BCUT2D eigenvalue weighted by molar-refractivity contribution is -0.116. The molecule has 0 spiro atoms. The minimum Gasteiger partial charge on any atom is -0.454 e. The molecule has 27 heavy (non-hydrogen) atoms. The van der Waals surface area contributed by atoms with Crippen molar-refractivity contribution in [3.8, 4) is 11.5 Å². The second kappa shape index (κ2) is 7.96. The van der Waals surface area contributed by atoms with Gasteiger partial charge in [0.05, 0.1) is 6.54 Å². The quantitative estimate of drug-likeness (QED) is 0.616. The highest BCUT2D eigenvalue weighted by Crippen LogP contribution is 2.33. The fourth-order valence-corrected chi connectivity index (χ4v) is 4.30. The van der Waals surface area contributed by atoms with Crippen LogP contribution in [0.15, 0.2) is 53.2 Å². The van der Waals surface area contributed by atoms with Crippen molar-refractivity contribution in [2.24, 2.45) is 0 Å². The number of rotatable bonds is 6. The number of carbonyl (C=O) groups excluding carboxylic acids is 1. The van der Waals surface area contributed by atoms with Crippen molar-refractivity contribution in [3.05, 3.63) is 74.1 Å². The van der Waals surface area contributed by atoms with Crippen molar-refractivity contribution in [2.45, 2.75) is 12.6 Å². The molecule has 1 aromatic carbocycles. The molecule has 1 aliphatic heterocycles. The highest BCUT2D eigenvalue weighted by atomic mass is 32.1. The van der Waals surface area contributed by atoms with Gasteiger partial charge >= 0.3 is 0 Å². The zero-order chi connectivity index (χ0) is 18.6. The Morgan fingerprint density at radius 3 is 2.96 bits per heavy atom. The van der Waals surface area contributed by atoms with E-state index in [0.717, 1.165) is 26.6 Å². The zero-order valence-electron chi connectivity index (χ0n) is 14.3. The molecular weight excluding hydrogens is 382 g/mol. The summed E-state index contributed by atoms with van der Waals surface area (Å²) in [6.45, 7) is 0.651. The molecule has 4 rings (SSSR count). The Hall–Kier alpha value is -2.61. The van der Waals surface area contributed by atoms with Crippen molar-refractivity contribution in [1.29, 1.82) is 0 Å². The van der Waals surface area contributed by atoms with Crippen molar-refractivity contribution in [3.63, 3.8) is 0 Å². The number of fused-ring (bicyclic) bond motifs is 1. The summed E-state index contributed by atoms with van der Waals surface area (Å²) in [5.41, 5.74) is 1.76. The maximum absolute atomic E-state index is 12.1. The number of benzene rings is 1. The fraction of sp³-hybridized carbons (Fsp3) is 0.150. The Kier molecular flexibility index (Phi) is 5.24. The van der Waals surface area contributed by atoms with E-state index in [0.29, 0.717) is 12.3 Å². The molecule has 0 fully saturated rings. The van der Waals surface area contributed by atoms with Crippen LogP contribution in [-0.2, 0) is 11.3 Å². The lowest BCUT2D eigenvalue weighted by Crippen LogP contribution is -2.19. The molecular formula is C20H17NO4S2. The number of carbonyl (C=O) groups is 1. The maximum Gasteiger partial charge on any atom is 0.244 e. The van der Waals surface area contributed by atoms with Crippen molar-refractivity contribution in [2.75, 3.05) is 6.79 Å². The maximum atomic E-state index is 12.1. The number of hydrogen-bond acceptors (Lipinski definition) is 6. The molecule has 7 heteroatoms. The molecule has 0 radical (unpaired) electrons. The van der Waals surface area contributed by atoms with E-state index in [1.165, 1.54) is 17.4 Å². The van der Waals surface area contributed by atoms with Gasteiger partial charge in [-0.05, 0) is 58.3 Å². The molecule has 138 valence electrons. The lowest BCUT2D eigenvalue weighted by Gasteiger charge is -2.05. The first kappa shape index (κ1) is 17.8. The van der Waals surface area contributed by atoms with Gasteiger partial charge in [0.2, 0.25) is 12.7 Å². The zero-order valence-corrected chi connectivity index (χ0v) is 15.9. The van der Waals surface area contributed by atoms with E-state index in [1.54, 1.807) is 17.4 Å². The predicted molar refractivity (Wildman–Crippen MR) is 106 cm³/mol. The molecule has 0 saturated heterocycles. The van der Waals surface area contributed by atoms with Gasteiger partial charge in [-0.25, -0.2) is 0 Å². The summed E-state index contributed by atoms with van der Waals surface area (Å²) in [7, 11) is 0. The van der Waals surface area contributed by atoms with E-state index in [1.807, 2.05) is 47.2 Å². The van der Waals surface area contributed by atoms with Crippen molar-refractivity contribution in [1.82, 2.24) is 5.32 Å². The van der Waals surface area contributed by atoms with E-state index < -0.39 is 6.10 Å². The highest BCUT2D eigenvalue weighted by molar-refractivity contribution is 7.12. The van der Waals surface area contributed by atoms with Crippen LogP contribution in [0, 0.1) is 0 Å². The number of thiophene rings is 2. The highest BCUT2D eigenvalue weighted by Gasteiger charge is 2.14. The second-order valence-corrected chi connectivity index (χ2v) is 7.91. The van der Waals surface area contributed by atoms with E-state index >= 15 is 0 Å². The minimum absolute atomic E-state index is 0.180. The lowest BCUT2D eigenvalue weighted by atomic mass is 10.2. The normalized spacial score (nSPS) is 13.8. The van der Waals surface area contributed by atoms with Gasteiger partial charge in [0.15, 0.2) is 11.5 Å². The number of aliphatic hydroxyl groups excluding tert-OH is 1. The molecule has 1 aliphatic rings. The molecule has 0 saturated carbocycles. The monoisotopic (exact) mass is 399 g/mol. The first-order valence-corrected chi connectivity index (χ1v) is 10.1. The Morgan fingerprint density at radius 1 is 1.22 bits per heavy atom. The molecule has 1 atom stereocenters. The Balaban J connectivity index is 1.32. The first-order valence-electron chi connectivity index (χ1n) is 8.33. The van der Waals surface area contributed by atoms with Crippen LogP contribution in [0.25, 0.3) is 6.08 Å². The Labute approximate surface area is 164 Å². The molecule has 2 aromatic heterocycles. The summed E-state index contributed by atoms with van der Waals surface area (Å²) in [4.78, 5) is 13.9. The molecule has 3 aromatic rings. The van der Waals surface area contributed by atoms with Crippen LogP contribution in [0.1, 0.15) is 27.0 Å². The van der Waals surface area contributed by atoms with Crippen LogP contribution >= 0.6 is 22.7 Å². The number of nitrogens with one attached hydrogen (secondary N) is 1. The second-order valence-electron chi connectivity index (χ2n) is 5.93. The van der Waals surface area contributed by atoms with Crippen molar-refractivity contribution < 1.29 is 19.4 Å². The molecule has 2 N–H and O–H groups in total. The standard InChI is InChI=1S/C20H17NO4S2/c22-19(6-2-13-1-4-16-17(9-13)25-12-24-16)21-10-15-3-5-18(27-15)20(23)14-7-8-26-11-14/h1-9,11,20,23H,10,12H2,(H,21,22). The average molecular weight is 399 g/mol. The van der Waals surface area contributed by atoms with E-state index in [2.05, 4.69) is 5.32 Å². The number of hydrogen-bond donors (Lipinski definition) is 2. The Morgan fingerprint density at radius 2 is 2.11 bits per heavy atom. The number of ether oxygens (including phenoxy) is 2. The summed E-state index contributed by atoms with van der Waals surface area (Å²) in [5.74, 6) is 1.23. The summed E-state index contributed by atoms with van der Waals surface area (Å²) < 4.78 is 10.6. The van der Waals surface area contributed by atoms with Crippen LogP contribution in [-0.4, -0.2) is 17.8 Å². The van der Waals surface area contributed by atoms with Gasteiger partial charge in [-0.2, -0.15) is 11.3 Å². The van der Waals surface area contributed by atoms with Crippen LogP contribution in [0.4, 0.5) is 0 Å². The molecule has 1 unspecified atom stereocenters. The predicted octanol–water partition coefficient (Wildman–Crippen LogP) is 3.95. The van der Waals surface area contributed by atoms with Crippen LogP contribution in [0.5, 0.6) is 11.5 Å². The fourth-order valence-electron chi connectivity index (χ4n) is 2.65. The molecule has 3 heterocycles. The number of aliphatic hydroxyl groups is 1. The van der Waals surface area contributed by atoms with E-state index in [-0.39, 0.29) is 12.7 Å². The summed E-state index contributed by atoms with van der Waals surface area (Å²) in [5, 5.41) is 17.1. The third-order valence-corrected chi connectivity index (χ3v) is 5.91. The summed E-state index contributed by atoms with van der Waals surface area (Å²) in [6, 6.07) is 11.3. The first-order chi connectivity index (χ1) is 13.2. The molecule has 0 aliphatic carbocycles. The van der Waals surface area contributed by atoms with Gasteiger partial charge in [-0.15, -0.1) is 11.3 Å². The SMILES string of the molecule is O=C(C=Cc1ccc2c(c1)OCO2)NCc1ccc(C(O)c2ccsc2)s1. The third kappa shape index (κ3) is 4.21. The Bertz CT molecular complexity index is 962. The molecule has 1 amide bonds. The van der Waals surface area contributed by atoms with E-state index in [9.17, 15) is 9.90 Å². The van der Waals surface area contributed by atoms with Crippen molar-refractivity contribution >= 4 is 34.7 Å². The third-order valence-electron chi connectivity index (χ3n) is 4.07. The van der Waals surface area contributed by atoms with Gasteiger partial charge in [-0.3, -0.25) is 4.79 Å². The van der Waals surface area contributed by atoms with Crippen LogP contribution < -0.4 is 14.8 Å². The molecule has 5 nitrogen and oxygen atoms in total. The summed E-state index contributed by atoms with van der Waals surface area (Å²) in [6.07, 6.45) is 2.61. The van der Waals surface area contributed by atoms with Crippen LogP contribution in [0.3, 0.4) is 0 Å². The van der Waals surface area contributed by atoms with Crippen LogP contribution in [0.2, 0.25) is 0 Å². The van der Waals surface area contributed by atoms with Gasteiger partial charge in [0.25, 0.3) is 0 Å². The summed E-state index contributed by atoms with van der Waals surface area (Å²) >= 11 is 3.05. The van der Waals surface area contributed by atoms with Gasteiger partial charge in [0.1, 0.15) is 6.10 Å². The average Bonchev–Trinajstić information content (AvgIpc) is 3.45. The minimum atomic E-state index is -0.614. The van der Waals surface area contributed by atoms with Gasteiger partial charge in [-0.1, -0.05) is 6.07 Å². The topological polar surface area (TPSA) is 67.8 Å². The van der Waals surface area contributed by atoms with Gasteiger partial charge in [0, 0.05) is 15.8 Å². The number of amides is 1. The van der Waals surface area contributed by atoms with Gasteiger partial charge < -0.3 is 19.9 Å². The largest absolute Gasteiger partial charge is 0.454 e. The smallest absolute Gasteiger partial charge is 0.244 e.